The number of thiocarbonyl (C=S) groups is 1. The minimum absolute atomic E-state index is 0.0739. The monoisotopic (exact) mass is 447 g/mol. The van der Waals surface area contributed by atoms with Crippen LogP contribution < -0.4 is 9.47 Å². The van der Waals surface area contributed by atoms with Crippen LogP contribution in [0.2, 0.25) is 0 Å². The standard InChI is InChI=1S/C25H21NO3S2/c1-28-21-11-9-19(10-12-21)16-26-24(27)23(31-25(26)30)15-18-7-13-22(14-8-18)29-17-20-5-3-2-4-6-20/h2-15H,16-17H2,1H3/b23-15-. The first kappa shape index (κ1) is 21.2. The van der Waals surface area contributed by atoms with Gasteiger partial charge in [0.05, 0.1) is 18.6 Å². The van der Waals surface area contributed by atoms with E-state index in [9.17, 15) is 4.79 Å². The zero-order valence-corrected chi connectivity index (χ0v) is 18.6. The van der Waals surface area contributed by atoms with Gasteiger partial charge in [0.2, 0.25) is 0 Å². The Kier molecular flexibility index (Phi) is 6.70. The predicted octanol–water partition coefficient (Wildman–Crippen LogP) is 5.68. The van der Waals surface area contributed by atoms with E-state index in [1.54, 1.807) is 12.0 Å². The number of rotatable bonds is 7. The normalized spacial score (nSPS) is 14.9. The third-order valence-corrected chi connectivity index (χ3v) is 6.18. The Hall–Kier alpha value is -3.09. The fraction of sp³-hybridized carbons (Fsp3) is 0.120. The molecule has 1 amide bonds. The number of carbonyl (C=O) groups is 1. The van der Waals surface area contributed by atoms with Crippen LogP contribution in [0.4, 0.5) is 0 Å². The highest BCUT2D eigenvalue weighted by Crippen LogP contribution is 2.34. The molecule has 0 saturated carbocycles. The highest BCUT2D eigenvalue weighted by Gasteiger charge is 2.31. The molecule has 3 aromatic carbocycles. The first-order valence-corrected chi connectivity index (χ1v) is 11.0. The maximum Gasteiger partial charge on any atom is 0.266 e. The summed E-state index contributed by atoms with van der Waals surface area (Å²) in [5.74, 6) is 1.49. The number of nitrogens with zero attached hydrogens (tertiary/aromatic N) is 1. The molecule has 1 saturated heterocycles. The van der Waals surface area contributed by atoms with Crippen molar-refractivity contribution < 1.29 is 14.3 Å². The van der Waals surface area contributed by atoms with Crippen LogP contribution in [0.3, 0.4) is 0 Å². The number of hydrogen-bond acceptors (Lipinski definition) is 5. The van der Waals surface area contributed by atoms with Crippen LogP contribution in [0.15, 0.2) is 83.8 Å². The van der Waals surface area contributed by atoms with Gasteiger partial charge in [0.15, 0.2) is 0 Å². The molecule has 0 spiro atoms. The smallest absolute Gasteiger partial charge is 0.266 e. The van der Waals surface area contributed by atoms with E-state index < -0.39 is 0 Å². The number of methoxy groups -OCH3 is 1. The van der Waals surface area contributed by atoms with Crippen LogP contribution in [-0.2, 0) is 17.9 Å². The van der Waals surface area contributed by atoms with Gasteiger partial charge in [0, 0.05) is 0 Å². The Morgan fingerprint density at radius 1 is 0.903 bits per heavy atom. The van der Waals surface area contributed by atoms with Crippen LogP contribution in [0.25, 0.3) is 6.08 Å². The number of amides is 1. The Morgan fingerprint density at radius 2 is 1.58 bits per heavy atom. The van der Waals surface area contributed by atoms with Crippen molar-refractivity contribution >= 4 is 40.3 Å². The molecule has 1 fully saturated rings. The molecular weight excluding hydrogens is 426 g/mol. The van der Waals surface area contributed by atoms with E-state index in [2.05, 4.69) is 0 Å². The maximum atomic E-state index is 12.9. The second-order valence-electron chi connectivity index (χ2n) is 6.96. The van der Waals surface area contributed by atoms with Crippen LogP contribution >= 0.6 is 24.0 Å². The molecule has 0 radical (unpaired) electrons. The Balaban J connectivity index is 1.40. The number of hydrogen-bond donors (Lipinski definition) is 0. The van der Waals surface area contributed by atoms with Gasteiger partial charge in [-0.15, -0.1) is 0 Å². The lowest BCUT2D eigenvalue weighted by Crippen LogP contribution is -2.27. The van der Waals surface area contributed by atoms with Crippen LogP contribution in [0.1, 0.15) is 16.7 Å². The summed E-state index contributed by atoms with van der Waals surface area (Å²) in [5.41, 5.74) is 3.04. The summed E-state index contributed by atoms with van der Waals surface area (Å²) in [5, 5.41) is 0. The highest BCUT2D eigenvalue weighted by atomic mass is 32.2. The summed E-state index contributed by atoms with van der Waals surface area (Å²) in [6.45, 7) is 0.961. The molecule has 0 unspecified atom stereocenters. The third-order valence-electron chi connectivity index (χ3n) is 4.80. The van der Waals surface area contributed by atoms with E-state index >= 15 is 0 Å². The van der Waals surface area contributed by atoms with Gasteiger partial charge in [-0.05, 0) is 47.0 Å². The van der Waals surface area contributed by atoms with Crippen molar-refractivity contribution in [2.45, 2.75) is 13.2 Å². The second kappa shape index (κ2) is 9.81. The SMILES string of the molecule is COc1ccc(CN2C(=O)/C(=C/c3ccc(OCc4ccccc4)cc3)SC2=S)cc1. The number of carbonyl (C=O) groups excluding carboxylic acids is 1. The van der Waals surface area contributed by atoms with Gasteiger partial charge >= 0.3 is 0 Å². The van der Waals surface area contributed by atoms with Crippen molar-refractivity contribution in [3.8, 4) is 11.5 Å². The Morgan fingerprint density at radius 3 is 2.26 bits per heavy atom. The van der Waals surface area contributed by atoms with Gasteiger partial charge in [-0.1, -0.05) is 78.6 Å². The summed E-state index contributed by atoms with van der Waals surface area (Å²) in [6, 6.07) is 25.4. The van der Waals surface area contributed by atoms with Crippen molar-refractivity contribution in [2.75, 3.05) is 7.11 Å². The molecule has 0 bridgehead atoms. The van der Waals surface area contributed by atoms with Crippen molar-refractivity contribution in [3.05, 3.63) is 100 Å². The van der Waals surface area contributed by atoms with Crippen molar-refractivity contribution in [1.82, 2.24) is 4.90 Å². The predicted molar refractivity (Wildman–Crippen MR) is 129 cm³/mol. The molecule has 1 heterocycles. The molecular formula is C25H21NO3S2. The van der Waals surface area contributed by atoms with E-state index in [0.717, 1.165) is 28.2 Å². The van der Waals surface area contributed by atoms with Gasteiger partial charge < -0.3 is 9.47 Å². The highest BCUT2D eigenvalue weighted by molar-refractivity contribution is 8.26. The van der Waals surface area contributed by atoms with Gasteiger partial charge in [-0.2, -0.15) is 0 Å². The number of thioether (sulfide) groups is 1. The first-order valence-electron chi connectivity index (χ1n) is 9.77. The fourth-order valence-electron chi connectivity index (χ4n) is 3.10. The lowest BCUT2D eigenvalue weighted by Gasteiger charge is -2.14. The van der Waals surface area contributed by atoms with Gasteiger partial charge in [0.25, 0.3) is 5.91 Å². The third kappa shape index (κ3) is 5.34. The molecule has 6 heteroatoms. The lowest BCUT2D eigenvalue weighted by atomic mass is 10.2. The first-order chi connectivity index (χ1) is 15.1. The molecule has 4 rings (SSSR count). The molecule has 3 aromatic rings. The number of ether oxygens (including phenoxy) is 2. The summed E-state index contributed by atoms with van der Waals surface area (Å²) in [4.78, 5) is 15.1. The van der Waals surface area contributed by atoms with E-state index in [4.69, 9.17) is 21.7 Å². The minimum Gasteiger partial charge on any atom is -0.497 e. The lowest BCUT2D eigenvalue weighted by molar-refractivity contribution is -0.122. The molecule has 1 aliphatic heterocycles. The fourth-order valence-corrected chi connectivity index (χ4v) is 4.36. The molecule has 0 aromatic heterocycles. The molecule has 1 aliphatic rings. The Labute approximate surface area is 191 Å². The Bertz CT molecular complexity index is 1090. The van der Waals surface area contributed by atoms with Crippen LogP contribution in [0, 0.1) is 0 Å². The quantitative estimate of drug-likeness (QED) is 0.344. The minimum atomic E-state index is -0.0739. The second-order valence-corrected chi connectivity index (χ2v) is 8.64. The average Bonchev–Trinajstić information content (AvgIpc) is 3.07. The molecule has 4 nitrogen and oxygen atoms in total. The summed E-state index contributed by atoms with van der Waals surface area (Å²) < 4.78 is 11.6. The van der Waals surface area contributed by atoms with E-state index in [1.165, 1.54) is 11.8 Å². The van der Waals surface area contributed by atoms with Crippen LogP contribution in [0.5, 0.6) is 11.5 Å². The van der Waals surface area contributed by atoms with Crippen molar-refractivity contribution in [3.63, 3.8) is 0 Å². The van der Waals surface area contributed by atoms with Gasteiger partial charge in [-0.25, -0.2) is 0 Å². The van der Waals surface area contributed by atoms with E-state index in [1.807, 2.05) is 84.9 Å². The molecule has 156 valence electrons. The maximum absolute atomic E-state index is 12.9. The van der Waals surface area contributed by atoms with Crippen LogP contribution in [-0.4, -0.2) is 22.2 Å². The van der Waals surface area contributed by atoms with E-state index in [0.29, 0.717) is 22.4 Å². The zero-order chi connectivity index (χ0) is 21.6. The summed E-state index contributed by atoms with van der Waals surface area (Å²) >= 11 is 6.77. The summed E-state index contributed by atoms with van der Waals surface area (Å²) in [6.07, 6.45) is 1.87. The van der Waals surface area contributed by atoms with E-state index in [-0.39, 0.29) is 5.91 Å². The largest absolute Gasteiger partial charge is 0.497 e. The molecule has 0 atom stereocenters. The molecule has 0 N–H and O–H groups in total. The average molecular weight is 448 g/mol. The number of benzene rings is 3. The van der Waals surface area contributed by atoms with Gasteiger partial charge in [0.1, 0.15) is 22.4 Å². The molecule has 0 aliphatic carbocycles. The van der Waals surface area contributed by atoms with Gasteiger partial charge in [-0.3, -0.25) is 9.69 Å². The summed E-state index contributed by atoms with van der Waals surface area (Å²) in [7, 11) is 1.63. The zero-order valence-electron chi connectivity index (χ0n) is 17.0. The van der Waals surface area contributed by atoms with Crippen molar-refractivity contribution in [2.24, 2.45) is 0 Å². The van der Waals surface area contributed by atoms with Crippen molar-refractivity contribution in [1.29, 1.82) is 0 Å². The molecule has 31 heavy (non-hydrogen) atoms. The topological polar surface area (TPSA) is 38.8 Å².